The first-order valence-corrected chi connectivity index (χ1v) is 10.2. The largest absolute Gasteiger partial charge is 0.381 e. The maximum Gasteiger partial charge on any atom is 0.0740 e. The Balaban J connectivity index is 2.23. The van der Waals surface area contributed by atoms with E-state index in [1.54, 1.807) is 0 Å². The zero-order chi connectivity index (χ0) is 19.2. The van der Waals surface area contributed by atoms with Crippen molar-refractivity contribution in [1.29, 1.82) is 0 Å². The summed E-state index contributed by atoms with van der Waals surface area (Å²) >= 11 is 0. The molecule has 0 N–H and O–H groups in total. The summed E-state index contributed by atoms with van der Waals surface area (Å²) in [4.78, 5) is 0. The minimum atomic E-state index is 0.454. The average Bonchev–Trinajstić information content (AvgIpc) is 3.01. The third-order valence-electron chi connectivity index (χ3n) is 5.36. The molecule has 2 aromatic rings. The highest BCUT2D eigenvalue weighted by Gasteiger charge is 2.21. The van der Waals surface area contributed by atoms with Crippen LogP contribution in [-0.4, -0.2) is 23.0 Å². The van der Waals surface area contributed by atoms with E-state index in [1.165, 1.54) is 45.9 Å². The Labute approximate surface area is 163 Å². The molecule has 1 aromatic carbocycles. The summed E-state index contributed by atoms with van der Waals surface area (Å²) < 4.78 is 7.74. The summed E-state index contributed by atoms with van der Waals surface area (Å²) in [7, 11) is 0. The second-order valence-corrected chi connectivity index (χ2v) is 7.52. The van der Waals surface area contributed by atoms with E-state index < -0.39 is 0 Å². The number of unbranched alkanes of at least 4 members (excludes halogenated alkanes) is 2. The van der Waals surface area contributed by atoms with E-state index in [2.05, 4.69) is 62.4 Å². The zero-order valence-electron chi connectivity index (χ0n) is 17.0. The molecule has 1 aliphatic rings. The molecule has 0 unspecified atom stereocenters. The predicted molar refractivity (Wildman–Crippen MR) is 114 cm³/mol. The van der Waals surface area contributed by atoms with Gasteiger partial charge in [0.2, 0.25) is 0 Å². The molecule has 0 aliphatic carbocycles. The van der Waals surface area contributed by atoms with Crippen LogP contribution in [0.15, 0.2) is 30.9 Å². The Morgan fingerprint density at radius 1 is 1.26 bits per heavy atom. The summed E-state index contributed by atoms with van der Waals surface area (Å²) in [6.45, 7) is 12.2. The molecule has 27 heavy (non-hydrogen) atoms. The normalized spacial score (nSPS) is 16.9. The number of hydrogen-bond donors (Lipinski definition) is 0. The lowest BCUT2D eigenvalue weighted by Gasteiger charge is -2.20. The van der Waals surface area contributed by atoms with E-state index in [4.69, 9.17) is 9.84 Å². The quantitative estimate of drug-likeness (QED) is 0.714. The first-order chi connectivity index (χ1) is 13.2. The molecule has 3 nitrogen and oxygen atoms in total. The average molecular weight is 365 g/mol. The van der Waals surface area contributed by atoms with Crippen LogP contribution in [0.2, 0.25) is 0 Å². The fourth-order valence-electron chi connectivity index (χ4n) is 3.89. The number of nitrogens with zero attached hydrogens (tertiary/aromatic N) is 2. The van der Waals surface area contributed by atoms with E-state index in [0.717, 1.165) is 32.5 Å². The van der Waals surface area contributed by atoms with Crippen molar-refractivity contribution in [2.75, 3.05) is 13.2 Å². The van der Waals surface area contributed by atoms with E-state index in [9.17, 15) is 0 Å². The summed E-state index contributed by atoms with van der Waals surface area (Å²) in [5, 5.41) is 7.58. The van der Waals surface area contributed by atoms with Crippen molar-refractivity contribution in [3.05, 3.63) is 58.2 Å². The van der Waals surface area contributed by atoms with Gasteiger partial charge in [0.25, 0.3) is 0 Å². The SMILES string of the molecule is C=CC=c1c(C2CCOCC2)nn(-c2ccc(C)cc2C)c1=CCCCC. The van der Waals surface area contributed by atoms with Crippen molar-refractivity contribution in [3.8, 4) is 5.69 Å². The van der Waals surface area contributed by atoms with Gasteiger partial charge >= 0.3 is 0 Å². The Bertz CT molecular complexity index is 901. The van der Waals surface area contributed by atoms with Gasteiger partial charge in [0.1, 0.15) is 0 Å². The molecule has 1 aromatic heterocycles. The summed E-state index contributed by atoms with van der Waals surface area (Å²) in [5.74, 6) is 0.454. The van der Waals surface area contributed by atoms with Gasteiger partial charge in [-0.3, -0.25) is 0 Å². The summed E-state index contributed by atoms with van der Waals surface area (Å²) in [5.41, 5.74) is 4.90. The van der Waals surface area contributed by atoms with Crippen LogP contribution in [0.25, 0.3) is 17.8 Å². The molecular formula is C24H32N2O. The lowest BCUT2D eigenvalue weighted by Crippen LogP contribution is -2.31. The molecule has 0 atom stereocenters. The van der Waals surface area contributed by atoms with Gasteiger partial charge < -0.3 is 4.74 Å². The monoisotopic (exact) mass is 364 g/mol. The van der Waals surface area contributed by atoms with Crippen molar-refractivity contribution in [2.24, 2.45) is 0 Å². The highest BCUT2D eigenvalue weighted by molar-refractivity contribution is 5.46. The van der Waals surface area contributed by atoms with Gasteiger partial charge in [-0.15, -0.1) is 0 Å². The van der Waals surface area contributed by atoms with E-state index >= 15 is 0 Å². The van der Waals surface area contributed by atoms with Crippen LogP contribution >= 0.6 is 0 Å². The van der Waals surface area contributed by atoms with Crippen molar-refractivity contribution < 1.29 is 4.74 Å². The maximum atomic E-state index is 5.58. The summed E-state index contributed by atoms with van der Waals surface area (Å²) in [6, 6.07) is 6.60. The number of allylic oxidation sites excluding steroid dienone is 1. The Hall–Kier alpha value is -2.13. The Kier molecular flexibility index (Phi) is 6.68. The van der Waals surface area contributed by atoms with E-state index in [-0.39, 0.29) is 0 Å². The lowest BCUT2D eigenvalue weighted by atomic mass is 9.95. The van der Waals surface area contributed by atoms with Crippen molar-refractivity contribution in [3.63, 3.8) is 0 Å². The molecule has 3 heteroatoms. The fourth-order valence-corrected chi connectivity index (χ4v) is 3.89. The summed E-state index contributed by atoms with van der Waals surface area (Å²) in [6.07, 6.45) is 11.9. The Morgan fingerprint density at radius 2 is 2.04 bits per heavy atom. The van der Waals surface area contributed by atoms with E-state index in [0.29, 0.717) is 5.92 Å². The number of ether oxygens (including phenoxy) is 1. The molecule has 0 saturated carbocycles. The number of aryl methyl sites for hydroxylation is 2. The first-order valence-electron chi connectivity index (χ1n) is 10.2. The molecule has 1 aliphatic heterocycles. The zero-order valence-corrected chi connectivity index (χ0v) is 17.0. The number of aromatic nitrogens is 2. The molecule has 1 fully saturated rings. The van der Waals surface area contributed by atoms with Crippen LogP contribution in [-0.2, 0) is 4.74 Å². The Morgan fingerprint density at radius 3 is 2.70 bits per heavy atom. The third kappa shape index (κ3) is 4.41. The first kappa shape index (κ1) is 19.6. The van der Waals surface area contributed by atoms with Crippen LogP contribution in [0, 0.1) is 13.8 Å². The third-order valence-corrected chi connectivity index (χ3v) is 5.36. The second kappa shape index (κ2) is 9.18. The maximum absolute atomic E-state index is 5.58. The van der Waals surface area contributed by atoms with Gasteiger partial charge in [0.05, 0.1) is 16.7 Å². The second-order valence-electron chi connectivity index (χ2n) is 7.52. The highest BCUT2D eigenvalue weighted by atomic mass is 16.5. The smallest absolute Gasteiger partial charge is 0.0740 e. The van der Waals surface area contributed by atoms with Gasteiger partial charge in [-0.2, -0.15) is 5.10 Å². The molecular weight excluding hydrogens is 332 g/mol. The lowest BCUT2D eigenvalue weighted by molar-refractivity contribution is 0.0842. The van der Waals surface area contributed by atoms with Crippen molar-refractivity contribution >= 4 is 12.2 Å². The topological polar surface area (TPSA) is 27.1 Å². The number of benzene rings is 1. The molecule has 0 spiro atoms. The minimum absolute atomic E-state index is 0.454. The van der Waals surface area contributed by atoms with Crippen LogP contribution in [0.3, 0.4) is 0 Å². The standard InChI is InChI=1S/C24H32N2O/c1-5-7-8-10-23-21(9-6-2)24(20-13-15-27-16-14-20)25-26(23)22-12-11-18(3)17-19(22)4/h6,9-12,17,20H,2,5,7-8,13-16H2,1,3-4H3. The minimum Gasteiger partial charge on any atom is -0.381 e. The molecule has 1 saturated heterocycles. The fraction of sp³-hybridized carbons (Fsp3) is 0.458. The number of rotatable bonds is 6. The van der Waals surface area contributed by atoms with Crippen LogP contribution in [0.1, 0.15) is 61.8 Å². The van der Waals surface area contributed by atoms with E-state index in [1.807, 2.05) is 6.08 Å². The van der Waals surface area contributed by atoms with Gasteiger partial charge in [0, 0.05) is 24.4 Å². The van der Waals surface area contributed by atoms with Crippen molar-refractivity contribution in [2.45, 2.75) is 58.8 Å². The van der Waals surface area contributed by atoms with Gasteiger partial charge in [-0.25, -0.2) is 4.68 Å². The predicted octanol–water partition coefficient (Wildman–Crippen LogP) is 4.32. The molecule has 2 heterocycles. The van der Waals surface area contributed by atoms with Crippen LogP contribution in [0.4, 0.5) is 0 Å². The van der Waals surface area contributed by atoms with Gasteiger partial charge in [-0.05, 0) is 51.2 Å². The highest BCUT2D eigenvalue weighted by Crippen LogP contribution is 2.23. The molecule has 0 amide bonds. The van der Waals surface area contributed by atoms with Crippen molar-refractivity contribution in [1.82, 2.24) is 9.78 Å². The molecule has 0 radical (unpaired) electrons. The van der Waals surface area contributed by atoms with Crippen LogP contribution in [0.5, 0.6) is 0 Å². The van der Waals surface area contributed by atoms with Crippen LogP contribution < -0.4 is 10.6 Å². The molecule has 0 bridgehead atoms. The molecule has 144 valence electrons. The van der Waals surface area contributed by atoms with Gasteiger partial charge in [-0.1, -0.05) is 55.8 Å². The van der Waals surface area contributed by atoms with Gasteiger partial charge in [0.15, 0.2) is 0 Å². The molecule has 3 rings (SSSR count). The number of hydrogen-bond acceptors (Lipinski definition) is 2.